The van der Waals surface area contributed by atoms with Gasteiger partial charge in [-0.3, -0.25) is 0 Å². The normalized spacial score (nSPS) is 13.5. The van der Waals surface area contributed by atoms with E-state index < -0.39 is 0 Å². The predicted molar refractivity (Wildman–Crippen MR) is 112 cm³/mol. The Morgan fingerprint density at radius 1 is 1.00 bits per heavy atom. The first-order chi connectivity index (χ1) is 14.6. The molecule has 0 saturated heterocycles. The van der Waals surface area contributed by atoms with Crippen molar-refractivity contribution in [3.05, 3.63) is 77.4 Å². The summed E-state index contributed by atoms with van der Waals surface area (Å²) in [5.74, 6) is 2.10. The van der Waals surface area contributed by atoms with Gasteiger partial charge >= 0.3 is 0 Å². The molecule has 7 nitrogen and oxygen atoms in total. The summed E-state index contributed by atoms with van der Waals surface area (Å²) >= 11 is 0. The SMILES string of the molecule is Cc1ncn(-c2ccc(Cc3nc4n(n3)CCCN4c3ccc(F)cc3)cc2C)n1. The average molecular weight is 403 g/mol. The van der Waals surface area contributed by atoms with Crippen LogP contribution in [0.2, 0.25) is 0 Å². The minimum Gasteiger partial charge on any atom is -0.311 e. The molecule has 8 heteroatoms. The molecule has 0 radical (unpaired) electrons. The van der Waals surface area contributed by atoms with Crippen LogP contribution in [0.3, 0.4) is 0 Å². The van der Waals surface area contributed by atoms with E-state index in [0.29, 0.717) is 6.42 Å². The third-order valence-electron chi connectivity index (χ3n) is 5.30. The highest BCUT2D eigenvalue weighted by Gasteiger charge is 2.22. The van der Waals surface area contributed by atoms with Crippen LogP contribution in [0.4, 0.5) is 16.0 Å². The van der Waals surface area contributed by atoms with Crippen molar-refractivity contribution in [3.8, 4) is 5.69 Å². The summed E-state index contributed by atoms with van der Waals surface area (Å²) in [6.07, 6.45) is 3.35. The third-order valence-corrected chi connectivity index (χ3v) is 5.30. The molecule has 0 amide bonds. The highest BCUT2D eigenvalue weighted by atomic mass is 19.1. The minimum absolute atomic E-state index is 0.238. The van der Waals surface area contributed by atoms with Crippen LogP contribution in [0.25, 0.3) is 5.69 Å². The van der Waals surface area contributed by atoms with E-state index in [1.807, 2.05) is 11.6 Å². The molecule has 0 saturated carbocycles. The second kappa shape index (κ2) is 7.37. The maximum atomic E-state index is 13.3. The Balaban J connectivity index is 1.40. The number of fused-ring (bicyclic) bond motifs is 1. The van der Waals surface area contributed by atoms with Crippen molar-refractivity contribution in [2.24, 2.45) is 0 Å². The highest BCUT2D eigenvalue weighted by molar-refractivity contribution is 5.58. The predicted octanol–water partition coefficient (Wildman–Crippen LogP) is 3.75. The fourth-order valence-electron chi connectivity index (χ4n) is 3.88. The lowest BCUT2D eigenvalue weighted by Gasteiger charge is -2.27. The summed E-state index contributed by atoms with van der Waals surface area (Å²) in [5, 5.41) is 9.11. The van der Waals surface area contributed by atoms with Crippen molar-refractivity contribution in [1.82, 2.24) is 29.5 Å². The number of hydrogen-bond donors (Lipinski definition) is 0. The Labute approximate surface area is 173 Å². The van der Waals surface area contributed by atoms with E-state index in [1.165, 1.54) is 12.1 Å². The van der Waals surface area contributed by atoms with Gasteiger partial charge in [0.1, 0.15) is 18.0 Å². The zero-order chi connectivity index (χ0) is 20.7. The Kier molecular flexibility index (Phi) is 4.54. The molecule has 0 unspecified atom stereocenters. The van der Waals surface area contributed by atoms with Gasteiger partial charge in [0.15, 0.2) is 5.82 Å². The Morgan fingerprint density at radius 2 is 1.83 bits per heavy atom. The molecule has 5 rings (SSSR count). The van der Waals surface area contributed by atoms with Crippen LogP contribution in [-0.4, -0.2) is 36.1 Å². The van der Waals surface area contributed by atoms with Gasteiger partial charge in [-0.25, -0.2) is 18.7 Å². The molecule has 2 aromatic carbocycles. The first-order valence-electron chi connectivity index (χ1n) is 10.0. The van der Waals surface area contributed by atoms with E-state index in [-0.39, 0.29) is 5.82 Å². The number of hydrogen-bond acceptors (Lipinski definition) is 5. The van der Waals surface area contributed by atoms with Crippen LogP contribution >= 0.6 is 0 Å². The van der Waals surface area contributed by atoms with Gasteiger partial charge in [0, 0.05) is 25.2 Å². The number of aryl methyl sites for hydroxylation is 3. The van der Waals surface area contributed by atoms with Crippen LogP contribution in [-0.2, 0) is 13.0 Å². The van der Waals surface area contributed by atoms with Crippen molar-refractivity contribution in [1.29, 1.82) is 0 Å². The molecule has 30 heavy (non-hydrogen) atoms. The van der Waals surface area contributed by atoms with Crippen molar-refractivity contribution in [2.45, 2.75) is 33.2 Å². The zero-order valence-corrected chi connectivity index (χ0v) is 17.0. The van der Waals surface area contributed by atoms with E-state index in [2.05, 4.69) is 40.1 Å². The summed E-state index contributed by atoms with van der Waals surface area (Å²) < 4.78 is 17.0. The summed E-state index contributed by atoms with van der Waals surface area (Å²) in [7, 11) is 0. The molecular weight excluding hydrogens is 381 g/mol. The van der Waals surface area contributed by atoms with E-state index in [0.717, 1.165) is 59.6 Å². The number of rotatable bonds is 4. The van der Waals surface area contributed by atoms with Gasteiger partial charge in [0.2, 0.25) is 5.95 Å². The second-order valence-corrected chi connectivity index (χ2v) is 7.57. The lowest BCUT2D eigenvalue weighted by atomic mass is 10.1. The van der Waals surface area contributed by atoms with E-state index in [1.54, 1.807) is 23.1 Å². The molecule has 1 aliphatic rings. The van der Waals surface area contributed by atoms with Gasteiger partial charge in [-0.15, -0.1) is 0 Å². The zero-order valence-electron chi connectivity index (χ0n) is 17.0. The van der Waals surface area contributed by atoms with Crippen LogP contribution in [0.1, 0.15) is 29.2 Å². The van der Waals surface area contributed by atoms with Gasteiger partial charge < -0.3 is 4.90 Å². The Morgan fingerprint density at radius 3 is 2.57 bits per heavy atom. The molecular formula is C22H22FN7. The number of nitrogens with zero attached hydrogens (tertiary/aromatic N) is 7. The number of benzene rings is 2. The smallest absolute Gasteiger partial charge is 0.228 e. The van der Waals surface area contributed by atoms with Gasteiger partial charge in [0.05, 0.1) is 5.69 Å². The van der Waals surface area contributed by atoms with Crippen molar-refractivity contribution in [3.63, 3.8) is 0 Å². The first kappa shape index (κ1) is 18.5. The third kappa shape index (κ3) is 3.45. The lowest BCUT2D eigenvalue weighted by molar-refractivity contribution is 0.535. The molecule has 0 fully saturated rings. The molecule has 0 spiro atoms. The molecule has 0 N–H and O–H groups in total. The van der Waals surface area contributed by atoms with Crippen LogP contribution in [0.5, 0.6) is 0 Å². The van der Waals surface area contributed by atoms with Crippen molar-refractivity contribution < 1.29 is 4.39 Å². The number of aromatic nitrogens is 6. The molecule has 2 aromatic heterocycles. The monoisotopic (exact) mass is 403 g/mol. The van der Waals surface area contributed by atoms with Gasteiger partial charge in [-0.05, 0) is 61.7 Å². The molecule has 1 aliphatic heterocycles. The van der Waals surface area contributed by atoms with Gasteiger partial charge in [-0.1, -0.05) is 12.1 Å². The van der Waals surface area contributed by atoms with E-state index >= 15 is 0 Å². The van der Waals surface area contributed by atoms with Crippen molar-refractivity contribution in [2.75, 3.05) is 11.4 Å². The Hall–Kier alpha value is -3.55. The quantitative estimate of drug-likeness (QED) is 0.519. The summed E-state index contributed by atoms with van der Waals surface area (Å²) in [6.45, 7) is 5.62. The maximum absolute atomic E-state index is 13.3. The minimum atomic E-state index is -0.238. The van der Waals surface area contributed by atoms with Gasteiger partial charge in [0.25, 0.3) is 0 Å². The molecule has 152 valence electrons. The fraction of sp³-hybridized carbons (Fsp3) is 0.273. The van der Waals surface area contributed by atoms with Crippen molar-refractivity contribution >= 4 is 11.6 Å². The maximum Gasteiger partial charge on any atom is 0.228 e. The standard InChI is InChI=1S/C22H22FN7/c1-15-12-17(4-9-20(15)30-14-24-16(2)26-30)13-21-25-22-28(10-3-11-29(22)27-21)19-7-5-18(23)6-8-19/h4-9,12,14H,3,10-11,13H2,1-2H3. The largest absolute Gasteiger partial charge is 0.311 e. The number of halogens is 1. The molecule has 0 bridgehead atoms. The van der Waals surface area contributed by atoms with Gasteiger partial charge in [-0.2, -0.15) is 15.2 Å². The van der Waals surface area contributed by atoms with E-state index in [9.17, 15) is 4.39 Å². The second-order valence-electron chi connectivity index (χ2n) is 7.57. The number of anilines is 2. The lowest BCUT2D eigenvalue weighted by Crippen LogP contribution is -2.28. The molecule has 3 heterocycles. The fourth-order valence-corrected chi connectivity index (χ4v) is 3.88. The highest BCUT2D eigenvalue weighted by Crippen LogP contribution is 2.28. The van der Waals surface area contributed by atoms with Crippen LogP contribution < -0.4 is 4.90 Å². The van der Waals surface area contributed by atoms with E-state index in [4.69, 9.17) is 10.1 Å². The summed E-state index contributed by atoms with van der Waals surface area (Å²) in [4.78, 5) is 11.1. The summed E-state index contributed by atoms with van der Waals surface area (Å²) in [6, 6.07) is 12.8. The summed E-state index contributed by atoms with van der Waals surface area (Å²) in [5.41, 5.74) is 4.21. The molecule has 0 aliphatic carbocycles. The van der Waals surface area contributed by atoms with Crippen LogP contribution in [0, 0.1) is 19.7 Å². The van der Waals surface area contributed by atoms with Crippen LogP contribution in [0.15, 0.2) is 48.8 Å². The molecule has 0 atom stereocenters. The molecule has 4 aromatic rings. The Bertz CT molecular complexity index is 1190. The average Bonchev–Trinajstić information content (AvgIpc) is 3.34. The first-order valence-corrected chi connectivity index (χ1v) is 10.0. The topological polar surface area (TPSA) is 64.7 Å².